The summed E-state index contributed by atoms with van der Waals surface area (Å²) in [5.41, 5.74) is 9.08. The number of esters is 1. The van der Waals surface area contributed by atoms with E-state index in [0.29, 0.717) is 50.4 Å². The molecule has 1 N–H and O–H groups in total. The maximum atomic E-state index is 15.0. The van der Waals surface area contributed by atoms with Crippen molar-refractivity contribution in [2.24, 2.45) is 34.5 Å². The molecule has 1 spiro atoms. The number of hydrazine groups is 1. The molecule has 2 saturated carbocycles. The molecule has 61 heavy (non-hydrogen) atoms. The Labute approximate surface area is 361 Å². The molecular formula is C48H56N6O6S. The molecule has 4 aliphatic rings. The third-order valence-electron chi connectivity index (χ3n) is 13.8. The van der Waals surface area contributed by atoms with Crippen LogP contribution in [0, 0.1) is 34.5 Å². The van der Waals surface area contributed by atoms with Crippen molar-refractivity contribution in [3.63, 3.8) is 0 Å². The van der Waals surface area contributed by atoms with Gasteiger partial charge in [0.25, 0.3) is 0 Å². The highest BCUT2D eigenvalue weighted by atomic mass is 32.1. The number of aromatic nitrogens is 4. The van der Waals surface area contributed by atoms with Gasteiger partial charge in [-0.05, 0) is 93.3 Å². The lowest BCUT2D eigenvalue weighted by Gasteiger charge is -2.37. The van der Waals surface area contributed by atoms with Gasteiger partial charge in [0.15, 0.2) is 0 Å². The molecule has 2 aliphatic carbocycles. The average Bonchev–Trinajstić information content (AvgIpc) is 4.03. The Morgan fingerprint density at radius 2 is 1.89 bits per heavy atom. The zero-order chi connectivity index (χ0) is 42.8. The van der Waals surface area contributed by atoms with E-state index in [1.54, 1.807) is 18.3 Å². The summed E-state index contributed by atoms with van der Waals surface area (Å²) in [6.45, 7) is 13.8. The fourth-order valence-electron chi connectivity index (χ4n) is 10.0. The molecule has 2 unspecified atom stereocenters. The molecule has 1 aromatic carbocycles. The lowest BCUT2D eigenvalue weighted by molar-refractivity contribution is -0.159. The zero-order valence-electron chi connectivity index (χ0n) is 36.1. The van der Waals surface area contributed by atoms with Crippen molar-refractivity contribution in [3.8, 4) is 22.5 Å². The summed E-state index contributed by atoms with van der Waals surface area (Å²) in [7, 11) is 1.70. The molecular weight excluding hydrogens is 789 g/mol. The standard InChI is InChI=1S/C48H56N6O6S/c1-8-59-43-44-51-37(25-61-44)30-16-17-38-33(21-30)34(41(53(38)24-31-13-9-10-18-49-31)32-14-11-19-50-40(32)29(4)58-7)22-47(5,6)26-60-45(56)36-15-12-20-54(52-36)46(57)48(43)23-35(48)42(55)39-27(2)28(39)3/h9-11,13-14,16-19,21,25,27-29,35-36,39,43,52H,8,12,15,20,22-24,26H2,1-7H3/t27-,28+,29-,35?,36-,39?,43+,48-/m0/s1. The molecule has 3 fully saturated rings. The number of Topliss-reactive ketones (excluding diaryl/α,β-unsaturated/α-hetero) is 1. The first kappa shape index (κ1) is 41.5. The summed E-state index contributed by atoms with van der Waals surface area (Å²) in [5.74, 6) is -0.508. The first-order valence-electron chi connectivity index (χ1n) is 21.8. The Morgan fingerprint density at radius 3 is 2.62 bits per heavy atom. The molecule has 4 aromatic heterocycles. The lowest BCUT2D eigenvalue weighted by Crippen LogP contribution is -2.58. The topological polar surface area (TPSA) is 138 Å². The van der Waals surface area contributed by atoms with Crippen molar-refractivity contribution >= 4 is 39.9 Å². The number of nitrogens with one attached hydrogen (secondary N) is 1. The second kappa shape index (κ2) is 16.1. The van der Waals surface area contributed by atoms with Gasteiger partial charge in [0.05, 0.1) is 47.4 Å². The predicted octanol–water partition coefficient (Wildman–Crippen LogP) is 8.15. The second-order valence-electron chi connectivity index (χ2n) is 18.4. The molecule has 1 saturated heterocycles. The number of benzene rings is 1. The largest absolute Gasteiger partial charge is 0.464 e. The van der Waals surface area contributed by atoms with Gasteiger partial charge in [-0.2, -0.15) is 0 Å². The van der Waals surface area contributed by atoms with Crippen molar-refractivity contribution in [2.75, 3.05) is 26.9 Å². The van der Waals surface area contributed by atoms with Crippen LogP contribution in [-0.4, -0.2) is 75.1 Å². The van der Waals surface area contributed by atoms with E-state index in [0.717, 1.165) is 50.4 Å². The van der Waals surface area contributed by atoms with Gasteiger partial charge in [0, 0.05) is 77.3 Å². The number of rotatable bonds is 9. The van der Waals surface area contributed by atoms with E-state index in [4.69, 9.17) is 29.2 Å². The highest BCUT2D eigenvalue weighted by molar-refractivity contribution is 7.10. The molecule has 6 heterocycles. The average molecular weight is 845 g/mol. The van der Waals surface area contributed by atoms with E-state index in [9.17, 15) is 9.59 Å². The van der Waals surface area contributed by atoms with Crippen LogP contribution in [0.15, 0.2) is 66.3 Å². The number of amides is 1. The summed E-state index contributed by atoms with van der Waals surface area (Å²) < 4.78 is 21.0. The highest BCUT2D eigenvalue weighted by Gasteiger charge is 2.72. The number of cyclic esters (lactones) is 1. The SMILES string of the molecule is CCO[C@@H]1c2nc(cs2)-c2ccc3c(c2)c(c(-c2cccnc2[C@H](C)OC)n3Cc2ccccn2)CC(C)(C)COC(=O)[C@@H]2CCCN(N2)C(=O)[C@]12CC2C(=O)C1[C@@H](C)[C@H]1C. The molecule has 9 rings (SSSR count). The fraction of sp³-hybridized carbons (Fsp3) is 0.500. The van der Waals surface area contributed by atoms with Crippen molar-refractivity contribution in [1.29, 1.82) is 0 Å². The Morgan fingerprint density at radius 1 is 1.08 bits per heavy atom. The van der Waals surface area contributed by atoms with E-state index in [2.05, 4.69) is 62.0 Å². The van der Waals surface area contributed by atoms with Gasteiger partial charge in [-0.1, -0.05) is 39.8 Å². The number of pyridine rings is 2. The van der Waals surface area contributed by atoms with Crippen LogP contribution in [0.25, 0.3) is 33.4 Å². The third kappa shape index (κ3) is 7.40. The zero-order valence-corrected chi connectivity index (χ0v) is 37.0. The Kier molecular flexibility index (Phi) is 11.0. The Balaban J connectivity index is 1.24. The van der Waals surface area contributed by atoms with E-state index in [1.165, 1.54) is 11.3 Å². The lowest BCUT2D eigenvalue weighted by atomic mass is 9.84. The first-order chi connectivity index (χ1) is 29.4. The van der Waals surface area contributed by atoms with Crippen LogP contribution in [0.1, 0.15) is 95.0 Å². The van der Waals surface area contributed by atoms with Gasteiger partial charge < -0.3 is 18.8 Å². The summed E-state index contributed by atoms with van der Waals surface area (Å²) in [5, 5.41) is 5.31. The van der Waals surface area contributed by atoms with Gasteiger partial charge >= 0.3 is 5.97 Å². The van der Waals surface area contributed by atoms with Crippen molar-refractivity contribution in [1.82, 2.24) is 30.0 Å². The van der Waals surface area contributed by atoms with Crippen LogP contribution in [0.3, 0.4) is 0 Å². The van der Waals surface area contributed by atoms with Crippen LogP contribution >= 0.6 is 11.3 Å². The molecule has 0 radical (unpaired) electrons. The van der Waals surface area contributed by atoms with Crippen LogP contribution in [-0.2, 0) is 41.6 Å². The van der Waals surface area contributed by atoms with Gasteiger partial charge in [0.1, 0.15) is 22.9 Å². The number of ketones is 1. The minimum absolute atomic E-state index is 0.0732. The monoisotopic (exact) mass is 844 g/mol. The summed E-state index contributed by atoms with van der Waals surface area (Å²) >= 11 is 1.46. The van der Waals surface area contributed by atoms with Crippen molar-refractivity contribution in [3.05, 3.63) is 88.3 Å². The second-order valence-corrected chi connectivity index (χ2v) is 19.2. The van der Waals surface area contributed by atoms with E-state index in [1.807, 2.05) is 49.7 Å². The number of methoxy groups -OCH3 is 1. The highest BCUT2D eigenvalue weighted by Crippen LogP contribution is 2.66. The number of nitrogens with zero attached hydrogens (tertiary/aromatic N) is 5. The van der Waals surface area contributed by atoms with Gasteiger partial charge in [0.2, 0.25) is 5.91 Å². The van der Waals surface area contributed by atoms with E-state index < -0.39 is 34.9 Å². The quantitative estimate of drug-likeness (QED) is 0.145. The predicted molar refractivity (Wildman–Crippen MR) is 233 cm³/mol. The first-order valence-corrected chi connectivity index (χ1v) is 22.6. The Hall–Kier alpha value is -4.82. The molecule has 12 nitrogen and oxygen atoms in total. The van der Waals surface area contributed by atoms with Gasteiger partial charge in [-0.15, -0.1) is 11.3 Å². The van der Waals surface area contributed by atoms with Crippen molar-refractivity contribution < 1.29 is 28.6 Å². The number of thiazole rings is 1. The van der Waals surface area contributed by atoms with Crippen molar-refractivity contribution in [2.45, 2.75) is 92.0 Å². The third-order valence-corrected chi connectivity index (χ3v) is 14.6. The molecule has 1 amide bonds. The van der Waals surface area contributed by atoms with E-state index in [-0.39, 0.29) is 42.2 Å². The fourth-order valence-corrected chi connectivity index (χ4v) is 11.0. The molecule has 8 atom stereocenters. The summed E-state index contributed by atoms with van der Waals surface area (Å²) in [4.78, 5) is 58.1. The van der Waals surface area contributed by atoms with E-state index >= 15 is 4.79 Å². The molecule has 320 valence electrons. The number of hydrogen-bond acceptors (Lipinski definition) is 11. The minimum atomic E-state index is -1.15. The van der Waals surface area contributed by atoms with Crippen LogP contribution in [0.5, 0.6) is 0 Å². The number of fused-ring (bicyclic) bond motifs is 6. The maximum absolute atomic E-state index is 15.0. The molecule has 2 aliphatic heterocycles. The number of carbonyl (C=O) groups excluding carboxylic acids is 3. The smallest absolute Gasteiger partial charge is 0.324 e. The van der Waals surface area contributed by atoms with Gasteiger partial charge in [-0.25, -0.2) is 10.4 Å². The van der Waals surface area contributed by atoms with Crippen LogP contribution in [0.2, 0.25) is 0 Å². The molecule has 6 bridgehead atoms. The summed E-state index contributed by atoms with van der Waals surface area (Å²) in [6, 6.07) is 15.8. The minimum Gasteiger partial charge on any atom is -0.464 e. The van der Waals surface area contributed by atoms with Crippen LogP contribution < -0.4 is 5.43 Å². The number of hydrogen-bond donors (Lipinski definition) is 1. The van der Waals surface area contributed by atoms with Crippen LogP contribution in [0.4, 0.5) is 0 Å². The maximum Gasteiger partial charge on any atom is 0.324 e. The summed E-state index contributed by atoms with van der Waals surface area (Å²) in [6.07, 6.45) is 4.67. The molecule has 13 heteroatoms. The normalized spacial score (nSPS) is 27.8. The number of ether oxygens (including phenoxy) is 3. The molecule has 5 aromatic rings. The number of carbonyl (C=O) groups is 3. The Bertz CT molecular complexity index is 2470. The van der Waals surface area contributed by atoms with Gasteiger partial charge in [-0.3, -0.25) is 29.4 Å².